The second-order valence-corrected chi connectivity index (χ2v) is 11.6. The van der Waals surface area contributed by atoms with E-state index in [1.807, 2.05) is 0 Å². The van der Waals surface area contributed by atoms with Crippen molar-refractivity contribution in [3.05, 3.63) is 89.6 Å². The molecule has 3 aromatic rings. The number of nitrogens with one attached hydrogen (secondary N) is 1. The average Bonchev–Trinajstić information content (AvgIpc) is 2.99. The fraction of sp³-hybridized carbons (Fsp3) is 0.344. The van der Waals surface area contributed by atoms with Crippen LogP contribution in [0.15, 0.2) is 72.9 Å². The van der Waals surface area contributed by atoms with Gasteiger partial charge in [0.25, 0.3) is 0 Å². The third kappa shape index (κ3) is 7.92. The zero-order valence-electron chi connectivity index (χ0n) is 25.4. The number of pyridine rings is 1. The van der Waals surface area contributed by atoms with E-state index < -0.39 is 53.8 Å². The molecule has 0 spiro atoms. The number of methoxy groups -OCH3 is 1. The summed E-state index contributed by atoms with van der Waals surface area (Å²) in [6.45, 7) is 5.15. The summed E-state index contributed by atoms with van der Waals surface area (Å²) in [5.74, 6) is -3.03. The summed E-state index contributed by atoms with van der Waals surface area (Å²) < 4.78 is 52.2. The van der Waals surface area contributed by atoms with Crippen molar-refractivity contribution in [2.45, 2.75) is 57.6 Å². The standard InChI is InChI=1S/C32H33F3N4O7/c1-31(2,3)46-30(44)38(18-19-10-12-22(45-4)13-11-19)24-17-20(14-15-36-24)16-23-25(28(41)42)39(27(23)40)29(43)37-26(32(33,34)35)21-8-6-5-7-9-21/h5-15,17,23,25-26H,16,18H2,1-4H3,(H,37,43)(H,41,42)/t23-,25+,26+/m1/s1. The quantitative estimate of drug-likeness (QED) is 0.292. The van der Waals surface area contributed by atoms with Crippen molar-refractivity contribution in [1.29, 1.82) is 0 Å². The van der Waals surface area contributed by atoms with E-state index in [1.165, 1.54) is 48.5 Å². The first-order chi connectivity index (χ1) is 21.6. The largest absolute Gasteiger partial charge is 0.497 e. The van der Waals surface area contributed by atoms with Crippen molar-refractivity contribution in [2.24, 2.45) is 5.92 Å². The first kappa shape index (κ1) is 33.7. The summed E-state index contributed by atoms with van der Waals surface area (Å²) in [6, 6.07) is 10.8. The number of carboxylic acid groups (broad SMARTS) is 1. The monoisotopic (exact) mass is 642 g/mol. The fourth-order valence-electron chi connectivity index (χ4n) is 4.91. The van der Waals surface area contributed by atoms with E-state index in [1.54, 1.807) is 50.4 Å². The van der Waals surface area contributed by atoms with Gasteiger partial charge in [0, 0.05) is 6.20 Å². The summed E-state index contributed by atoms with van der Waals surface area (Å²) in [6.07, 6.45) is -4.45. The van der Waals surface area contributed by atoms with Crippen LogP contribution in [0.2, 0.25) is 0 Å². The van der Waals surface area contributed by atoms with Gasteiger partial charge in [-0.15, -0.1) is 0 Å². The number of carbonyl (C=O) groups is 4. The highest BCUT2D eigenvalue weighted by Gasteiger charge is 2.56. The van der Waals surface area contributed by atoms with Gasteiger partial charge in [0.05, 0.1) is 19.6 Å². The second-order valence-electron chi connectivity index (χ2n) is 11.6. The Morgan fingerprint density at radius 1 is 1.02 bits per heavy atom. The zero-order chi connectivity index (χ0) is 33.8. The number of aliphatic carboxylic acids is 1. The lowest BCUT2D eigenvalue weighted by atomic mass is 9.82. The number of rotatable bonds is 9. The van der Waals surface area contributed by atoms with Gasteiger partial charge in [-0.2, -0.15) is 13.2 Å². The smallest absolute Gasteiger partial charge is 0.416 e. The van der Waals surface area contributed by atoms with E-state index >= 15 is 0 Å². The van der Waals surface area contributed by atoms with Crippen LogP contribution in [0.25, 0.3) is 0 Å². The lowest BCUT2D eigenvalue weighted by Crippen LogP contribution is -2.69. The van der Waals surface area contributed by atoms with Gasteiger partial charge >= 0.3 is 24.3 Å². The number of imide groups is 1. The van der Waals surface area contributed by atoms with Crippen LogP contribution in [-0.4, -0.2) is 63.9 Å². The highest BCUT2D eigenvalue weighted by molar-refractivity contribution is 6.07. The number of nitrogens with zero attached hydrogens (tertiary/aromatic N) is 3. The maximum Gasteiger partial charge on any atom is 0.416 e. The van der Waals surface area contributed by atoms with Crippen LogP contribution in [0, 0.1) is 5.92 Å². The van der Waals surface area contributed by atoms with Gasteiger partial charge in [-0.05, 0) is 68.1 Å². The van der Waals surface area contributed by atoms with Crippen LogP contribution in [0.1, 0.15) is 43.5 Å². The molecule has 1 aliphatic rings. The Morgan fingerprint density at radius 2 is 1.67 bits per heavy atom. The molecule has 1 aliphatic heterocycles. The molecule has 1 saturated heterocycles. The number of hydrogen-bond acceptors (Lipinski definition) is 7. The normalized spacial score (nSPS) is 17.0. The number of alkyl halides is 3. The number of carboxylic acids is 1. The van der Waals surface area contributed by atoms with Crippen LogP contribution < -0.4 is 15.0 Å². The molecule has 14 heteroatoms. The molecule has 0 saturated carbocycles. The minimum atomic E-state index is -4.91. The summed E-state index contributed by atoms with van der Waals surface area (Å²) in [7, 11) is 1.52. The lowest BCUT2D eigenvalue weighted by Gasteiger charge is -2.43. The van der Waals surface area contributed by atoms with E-state index in [0.29, 0.717) is 16.9 Å². The van der Waals surface area contributed by atoms with Crippen molar-refractivity contribution >= 4 is 29.8 Å². The number of anilines is 1. The number of hydrogen-bond donors (Lipinski definition) is 2. The molecule has 0 aliphatic carbocycles. The summed E-state index contributed by atoms with van der Waals surface area (Å²) in [4.78, 5) is 57.2. The van der Waals surface area contributed by atoms with Crippen LogP contribution >= 0.6 is 0 Å². The molecule has 0 unspecified atom stereocenters. The minimum absolute atomic E-state index is 0.0468. The van der Waals surface area contributed by atoms with Crippen molar-refractivity contribution in [1.82, 2.24) is 15.2 Å². The van der Waals surface area contributed by atoms with Crippen LogP contribution in [0.4, 0.5) is 28.6 Å². The van der Waals surface area contributed by atoms with Gasteiger partial charge in [0.15, 0.2) is 12.1 Å². The number of ether oxygens (including phenoxy) is 2. The number of benzene rings is 2. The number of urea groups is 1. The first-order valence-corrected chi connectivity index (χ1v) is 14.2. The Labute approximate surface area is 262 Å². The number of aromatic nitrogens is 1. The molecule has 2 aromatic carbocycles. The van der Waals surface area contributed by atoms with Crippen molar-refractivity contribution in [2.75, 3.05) is 12.0 Å². The maximum atomic E-state index is 13.8. The molecule has 4 rings (SSSR count). The zero-order valence-corrected chi connectivity index (χ0v) is 25.4. The first-order valence-electron chi connectivity index (χ1n) is 14.2. The highest BCUT2D eigenvalue weighted by atomic mass is 19.4. The van der Waals surface area contributed by atoms with Crippen LogP contribution in [0.5, 0.6) is 5.75 Å². The number of halogens is 3. The molecule has 46 heavy (non-hydrogen) atoms. The fourth-order valence-corrected chi connectivity index (χ4v) is 4.91. The molecular weight excluding hydrogens is 609 g/mol. The van der Waals surface area contributed by atoms with E-state index in [0.717, 1.165) is 12.1 Å². The number of β-lactam (4-membered cyclic amide) rings is 1. The van der Waals surface area contributed by atoms with Crippen molar-refractivity contribution in [3.8, 4) is 5.75 Å². The molecule has 2 N–H and O–H groups in total. The van der Waals surface area contributed by atoms with Gasteiger partial charge in [-0.25, -0.2) is 24.3 Å². The summed E-state index contributed by atoms with van der Waals surface area (Å²) >= 11 is 0. The van der Waals surface area contributed by atoms with E-state index in [4.69, 9.17) is 9.47 Å². The molecule has 3 atom stereocenters. The van der Waals surface area contributed by atoms with E-state index in [-0.39, 0.29) is 29.2 Å². The van der Waals surface area contributed by atoms with Gasteiger partial charge in [-0.3, -0.25) is 9.69 Å². The topological polar surface area (TPSA) is 138 Å². The number of amides is 4. The second kappa shape index (κ2) is 13.5. The SMILES string of the molecule is COc1ccc(CN(C(=O)OC(C)(C)C)c2cc(C[C@H]3C(=O)N(C(=O)N[C@@H](c4ccccc4)C(F)(F)F)[C@@H]3C(=O)O)ccn2)cc1. The molecule has 1 fully saturated rings. The van der Waals surface area contributed by atoms with Crippen molar-refractivity contribution < 1.29 is 46.9 Å². The predicted molar refractivity (Wildman–Crippen MR) is 159 cm³/mol. The Kier molecular flexibility index (Phi) is 9.88. The lowest BCUT2D eigenvalue weighted by molar-refractivity contribution is -0.168. The van der Waals surface area contributed by atoms with Crippen molar-refractivity contribution in [3.63, 3.8) is 0 Å². The Hall–Kier alpha value is -5.14. The Balaban J connectivity index is 1.55. The molecule has 2 heterocycles. The molecule has 1 aromatic heterocycles. The minimum Gasteiger partial charge on any atom is -0.497 e. The molecule has 4 amide bonds. The summed E-state index contributed by atoms with van der Waals surface area (Å²) in [5.41, 5.74) is -0.00723. The van der Waals surface area contributed by atoms with Crippen LogP contribution in [0.3, 0.4) is 0 Å². The third-order valence-corrected chi connectivity index (χ3v) is 7.07. The molecule has 0 radical (unpaired) electrons. The third-order valence-electron chi connectivity index (χ3n) is 7.07. The van der Waals surface area contributed by atoms with Gasteiger partial charge in [0.2, 0.25) is 5.91 Å². The number of likely N-dealkylation sites (tertiary alicyclic amines) is 1. The summed E-state index contributed by atoms with van der Waals surface area (Å²) in [5, 5.41) is 11.6. The van der Waals surface area contributed by atoms with Gasteiger partial charge < -0.3 is 19.9 Å². The van der Waals surface area contributed by atoms with Gasteiger partial charge in [0.1, 0.15) is 17.2 Å². The molecule has 0 bridgehead atoms. The van der Waals surface area contributed by atoms with Crippen LogP contribution in [-0.2, 0) is 27.3 Å². The molecule has 11 nitrogen and oxygen atoms in total. The highest BCUT2D eigenvalue weighted by Crippen LogP contribution is 2.35. The molecular formula is C32H33F3N4O7. The Morgan fingerprint density at radius 3 is 2.24 bits per heavy atom. The predicted octanol–water partition coefficient (Wildman–Crippen LogP) is 5.50. The molecule has 244 valence electrons. The van der Waals surface area contributed by atoms with Gasteiger partial charge in [-0.1, -0.05) is 42.5 Å². The maximum absolute atomic E-state index is 13.8. The van der Waals surface area contributed by atoms with E-state index in [2.05, 4.69) is 4.98 Å². The Bertz CT molecular complexity index is 1580. The van der Waals surface area contributed by atoms with E-state index in [9.17, 15) is 37.5 Å². The number of carbonyl (C=O) groups excluding carboxylic acids is 3. The average molecular weight is 643 g/mol.